The molecule has 3 aromatic heterocycles. The minimum Gasteiger partial charge on any atom is -0.351 e. The van der Waals surface area contributed by atoms with Gasteiger partial charge in [0.05, 0.1) is 5.69 Å². The highest BCUT2D eigenvalue weighted by atomic mass is 16.2. The van der Waals surface area contributed by atoms with Crippen molar-refractivity contribution in [3.8, 4) is 11.1 Å². The highest BCUT2D eigenvalue weighted by Gasteiger charge is 2.37. The third-order valence-corrected chi connectivity index (χ3v) is 5.86. The number of carbonyl (C=O) groups excluding carboxylic acids is 1. The summed E-state index contributed by atoms with van der Waals surface area (Å²) in [7, 11) is 3.79. The Morgan fingerprint density at radius 1 is 1.25 bits per heavy atom. The first-order valence-corrected chi connectivity index (χ1v) is 10.1. The number of carbonyl (C=O) groups is 1. The predicted octanol–water partition coefficient (Wildman–Crippen LogP) is 2.77. The van der Waals surface area contributed by atoms with Crippen molar-refractivity contribution < 1.29 is 4.79 Å². The summed E-state index contributed by atoms with van der Waals surface area (Å²) in [6, 6.07) is 1.82. The first-order chi connectivity index (χ1) is 13.5. The van der Waals surface area contributed by atoms with Crippen LogP contribution in [0.5, 0.6) is 0 Å². The number of hydrogen-bond donors (Lipinski definition) is 2. The molecule has 0 saturated heterocycles. The SMILES string of the molecule is CCNC(=O)c1cc2c(-c3c(C4CC4)nn(C)c3C3CC3)cn(C)c(=O)c2[nH]1. The van der Waals surface area contributed by atoms with E-state index in [1.807, 2.05) is 30.9 Å². The molecule has 28 heavy (non-hydrogen) atoms. The molecule has 1 amide bonds. The van der Waals surface area contributed by atoms with Gasteiger partial charge in [-0.05, 0) is 38.7 Å². The molecule has 0 atom stereocenters. The monoisotopic (exact) mass is 379 g/mol. The molecule has 7 nitrogen and oxygen atoms in total. The molecule has 0 spiro atoms. The molecular formula is C21H25N5O2. The number of nitrogens with one attached hydrogen (secondary N) is 2. The van der Waals surface area contributed by atoms with Gasteiger partial charge in [0.15, 0.2) is 0 Å². The average Bonchev–Trinajstić information content (AvgIpc) is 3.59. The first-order valence-electron chi connectivity index (χ1n) is 10.1. The quantitative estimate of drug-likeness (QED) is 0.715. The summed E-state index contributed by atoms with van der Waals surface area (Å²) < 4.78 is 3.64. The Hall–Kier alpha value is -2.83. The maximum atomic E-state index is 12.8. The molecule has 0 aromatic carbocycles. The van der Waals surface area contributed by atoms with Gasteiger partial charge in [0.25, 0.3) is 11.5 Å². The van der Waals surface area contributed by atoms with Gasteiger partial charge in [0, 0.05) is 60.9 Å². The van der Waals surface area contributed by atoms with Crippen molar-refractivity contribution in [2.75, 3.05) is 6.54 Å². The fourth-order valence-electron chi connectivity index (χ4n) is 4.21. The second-order valence-electron chi connectivity index (χ2n) is 8.11. The van der Waals surface area contributed by atoms with Crippen LogP contribution in [0.25, 0.3) is 22.0 Å². The van der Waals surface area contributed by atoms with Crippen LogP contribution in [0.15, 0.2) is 17.1 Å². The molecule has 2 aliphatic rings. The van der Waals surface area contributed by atoms with E-state index in [2.05, 4.69) is 10.3 Å². The van der Waals surface area contributed by atoms with Gasteiger partial charge in [-0.3, -0.25) is 14.3 Å². The van der Waals surface area contributed by atoms with E-state index in [0.29, 0.717) is 29.6 Å². The van der Waals surface area contributed by atoms with Crippen LogP contribution in [-0.4, -0.2) is 31.8 Å². The zero-order valence-electron chi connectivity index (χ0n) is 16.5. The number of aromatic nitrogens is 4. The Kier molecular flexibility index (Phi) is 3.76. The molecule has 0 unspecified atom stereocenters. The molecule has 2 fully saturated rings. The van der Waals surface area contributed by atoms with Gasteiger partial charge >= 0.3 is 0 Å². The van der Waals surface area contributed by atoms with E-state index < -0.39 is 0 Å². The van der Waals surface area contributed by atoms with Crippen LogP contribution in [0.2, 0.25) is 0 Å². The molecule has 2 aliphatic carbocycles. The summed E-state index contributed by atoms with van der Waals surface area (Å²) in [6.07, 6.45) is 6.61. The highest BCUT2D eigenvalue weighted by molar-refractivity contribution is 6.03. The van der Waals surface area contributed by atoms with E-state index in [4.69, 9.17) is 5.10 Å². The largest absolute Gasteiger partial charge is 0.351 e. The van der Waals surface area contributed by atoms with Gasteiger partial charge in [0.2, 0.25) is 0 Å². The molecule has 2 N–H and O–H groups in total. The van der Waals surface area contributed by atoms with Gasteiger partial charge in [-0.2, -0.15) is 5.10 Å². The maximum absolute atomic E-state index is 12.8. The van der Waals surface area contributed by atoms with Gasteiger partial charge in [-0.15, -0.1) is 0 Å². The molecule has 0 bridgehead atoms. The lowest BCUT2D eigenvalue weighted by molar-refractivity contribution is 0.0951. The van der Waals surface area contributed by atoms with E-state index >= 15 is 0 Å². The first kappa shape index (κ1) is 17.3. The maximum Gasteiger partial charge on any atom is 0.274 e. The summed E-state index contributed by atoms with van der Waals surface area (Å²) >= 11 is 0. The van der Waals surface area contributed by atoms with Crippen LogP contribution in [0.1, 0.15) is 66.3 Å². The number of pyridine rings is 1. The number of nitrogens with zero attached hydrogens (tertiary/aromatic N) is 3. The second kappa shape index (κ2) is 6.09. The smallest absolute Gasteiger partial charge is 0.274 e. The highest BCUT2D eigenvalue weighted by Crippen LogP contribution is 2.51. The summed E-state index contributed by atoms with van der Waals surface area (Å²) in [6.45, 7) is 2.42. The summed E-state index contributed by atoms with van der Waals surface area (Å²) in [5, 5.41) is 8.49. The van der Waals surface area contributed by atoms with Gasteiger partial charge in [-0.1, -0.05) is 0 Å². The molecule has 5 rings (SSSR count). The topological polar surface area (TPSA) is 84.7 Å². The summed E-state index contributed by atoms with van der Waals surface area (Å²) in [5.41, 5.74) is 5.36. The van der Waals surface area contributed by atoms with Crippen LogP contribution in [-0.2, 0) is 14.1 Å². The number of H-pyrrole nitrogens is 1. The number of rotatable bonds is 5. The van der Waals surface area contributed by atoms with Crippen molar-refractivity contribution in [2.45, 2.75) is 44.4 Å². The van der Waals surface area contributed by atoms with Crippen molar-refractivity contribution in [1.29, 1.82) is 0 Å². The van der Waals surface area contributed by atoms with Crippen LogP contribution < -0.4 is 10.9 Å². The Morgan fingerprint density at radius 2 is 1.96 bits per heavy atom. The van der Waals surface area contributed by atoms with Crippen LogP contribution in [0.4, 0.5) is 0 Å². The molecule has 7 heteroatoms. The standard InChI is InChI=1S/C21H25N5O2/c1-4-22-20(27)15-9-13-14(10-25(2)21(28)18(13)23-15)16-17(11-5-6-11)24-26(3)19(16)12-7-8-12/h9-12,23H,4-8H2,1-3H3,(H,22,27). The zero-order chi connectivity index (χ0) is 19.6. The van der Waals surface area contributed by atoms with Gasteiger partial charge < -0.3 is 14.9 Å². The van der Waals surface area contributed by atoms with Gasteiger partial charge in [-0.25, -0.2) is 0 Å². The second-order valence-corrected chi connectivity index (χ2v) is 8.11. The van der Waals surface area contributed by atoms with E-state index in [9.17, 15) is 9.59 Å². The molecule has 0 radical (unpaired) electrons. The van der Waals surface area contributed by atoms with Crippen molar-refractivity contribution in [2.24, 2.45) is 14.1 Å². The minimum atomic E-state index is -0.192. The Bertz CT molecular complexity index is 1160. The van der Waals surface area contributed by atoms with Crippen LogP contribution in [0.3, 0.4) is 0 Å². The van der Waals surface area contributed by atoms with Crippen molar-refractivity contribution in [3.63, 3.8) is 0 Å². The van der Waals surface area contributed by atoms with Crippen LogP contribution >= 0.6 is 0 Å². The van der Waals surface area contributed by atoms with E-state index in [0.717, 1.165) is 16.6 Å². The Labute approximate surface area is 162 Å². The number of amides is 1. The molecule has 146 valence electrons. The zero-order valence-corrected chi connectivity index (χ0v) is 16.5. The minimum absolute atomic E-state index is 0.126. The third-order valence-electron chi connectivity index (χ3n) is 5.86. The van der Waals surface area contributed by atoms with Crippen LogP contribution in [0, 0.1) is 0 Å². The number of aromatic amines is 1. The number of hydrogen-bond acceptors (Lipinski definition) is 3. The Morgan fingerprint density at radius 3 is 2.61 bits per heavy atom. The fourth-order valence-corrected chi connectivity index (χ4v) is 4.21. The lowest BCUT2D eigenvalue weighted by atomic mass is 9.97. The summed E-state index contributed by atoms with van der Waals surface area (Å²) in [4.78, 5) is 28.2. The average molecular weight is 379 g/mol. The fraction of sp³-hybridized carbons (Fsp3) is 0.476. The lowest BCUT2D eigenvalue weighted by Gasteiger charge is -2.10. The molecule has 3 aromatic rings. The summed E-state index contributed by atoms with van der Waals surface area (Å²) in [5.74, 6) is 0.847. The molecule has 3 heterocycles. The van der Waals surface area contributed by atoms with Crippen molar-refractivity contribution in [1.82, 2.24) is 24.6 Å². The van der Waals surface area contributed by atoms with Crippen molar-refractivity contribution in [3.05, 3.63) is 39.7 Å². The van der Waals surface area contributed by atoms with E-state index in [1.165, 1.54) is 36.9 Å². The Balaban J connectivity index is 1.79. The van der Waals surface area contributed by atoms with E-state index in [1.54, 1.807) is 11.6 Å². The predicted molar refractivity (Wildman–Crippen MR) is 108 cm³/mol. The lowest BCUT2D eigenvalue weighted by Crippen LogP contribution is -2.23. The van der Waals surface area contributed by atoms with E-state index in [-0.39, 0.29) is 11.5 Å². The molecule has 0 aliphatic heterocycles. The number of fused-ring (bicyclic) bond motifs is 1. The third kappa shape index (κ3) is 2.60. The number of aryl methyl sites for hydroxylation is 2. The van der Waals surface area contributed by atoms with Crippen molar-refractivity contribution >= 4 is 16.8 Å². The molecular weight excluding hydrogens is 354 g/mol. The molecule has 2 saturated carbocycles. The normalized spacial score (nSPS) is 16.7. The van der Waals surface area contributed by atoms with Gasteiger partial charge in [0.1, 0.15) is 11.2 Å².